The first-order chi connectivity index (χ1) is 7.67. The Kier molecular flexibility index (Phi) is 2.41. The smallest absolute Gasteiger partial charge is 0.251 e. The van der Waals surface area contributed by atoms with Gasteiger partial charge in [-0.1, -0.05) is 6.07 Å². The molecule has 0 aliphatic heterocycles. The summed E-state index contributed by atoms with van der Waals surface area (Å²) in [6.45, 7) is 0. The van der Waals surface area contributed by atoms with Crippen LogP contribution in [0.15, 0.2) is 18.3 Å². The highest BCUT2D eigenvalue weighted by molar-refractivity contribution is 5.32. The molecule has 0 atom stereocenters. The Hall–Kier alpha value is -1.27. The van der Waals surface area contributed by atoms with Gasteiger partial charge in [0, 0.05) is 6.20 Å². The zero-order valence-corrected chi connectivity index (χ0v) is 8.36. The number of rotatable bonds is 1. The van der Waals surface area contributed by atoms with Gasteiger partial charge in [-0.15, -0.1) is 0 Å². The summed E-state index contributed by atoms with van der Waals surface area (Å²) in [6, 6.07) is 1.44. The summed E-state index contributed by atoms with van der Waals surface area (Å²) in [7, 11) is 0. The van der Waals surface area contributed by atoms with Gasteiger partial charge in [-0.2, -0.15) is 26.3 Å². The average Bonchev–Trinajstić information content (AvgIpc) is 2.96. The molecular formula is C10H7F6N. The second-order valence-corrected chi connectivity index (χ2v) is 4.01. The van der Waals surface area contributed by atoms with Gasteiger partial charge in [-0.25, -0.2) is 0 Å². The SMILES string of the molecule is FC(F)(F)c1ccc(C2(C(F)(F)F)CC2)cn1. The summed E-state index contributed by atoms with van der Waals surface area (Å²) in [5.41, 5.74) is -3.36. The van der Waals surface area contributed by atoms with Crippen LogP contribution in [0.5, 0.6) is 0 Å². The molecule has 0 spiro atoms. The second kappa shape index (κ2) is 3.36. The van der Waals surface area contributed by atoms with E-state index in [2.05, 4.69) is 4.98 Å². The molecule has 0 N–H and O–H groups in total. The van der Waals surface area contributed by atoms with Crippen molar-refractivity contribution in [2.45, 2.75) is 30.6 Å². The van der Waals surface area contributed by atoms with E-state index in [9.17, 15) is 26.3 Å². The number of halogens is 6. The van der Waals surface area contributed by atoms with Gasteiger partial charge in [-0.05, 0) is 24.5 Å². The van der Waals surface area contributed by atoms with Gasteiger partial charge < -0.3 is 0 Å². The summed E-state index contributed by atoms with van der Waals surface area (Å²) in [5.74, 6) is 0. The number of alkyl halides is 6. The van der Waals surface area contributed by atoms with Crippen LogP contribution in [0.1, 0.15) is 24.1 Å². The maximum absolute atomic E-state index is 12.7. The van der Waals surface area contributed by atoms with Crippen LogP contribution in [-0.4, -0.2) is 11.2 Å². The fourth-order valence-corrected chi connectivity index (χ4v) is 1.71. The largest absolute Gasteiger partial charge is 0.433 e. The molecule has 0 saturated heterocycles. The lowest BCUT2D eigenvalue weighted by atomic mass is 9.97. The van der Waals surface area contributed by atoms with Crippen LogP contribution in [0.4, 0.5) is 26.3 Å². The van der Waals surface area contributed by atoms with Crippen molar-refractivity contribution in [2.75, 3.05) is 0 Å². The number of pyridine rings is 1. The van der Waals surface area contributed by atoms with Crippen molar-refractivity contribution >= 4 is 0 Å². The molecule has 0 amide bonds. The van der Waals surface area contributed by atoms with E-state index >= 15 is 0 Å². The highest BCUT2D eigenvalue weighted by Gasteiger charge is 2.64. The van der Waals surface area contributed by atoms with Crippen molar-refractivity contribution in [1.29, 1.82) is 0 Å². The summed E-state index contributed by atoms with van der Waals surface area (Å²) < 4.78 is 74.5. The Balaban J connectivity index is 2.32. The molecule has 0 unspecified atom stereocenters. The molecule has 1 aliphatic carbocycles. The van der Waals surface area contributed by atoms with Crippen molar-refractivity contribution in [3.8, 4) is 0 Å². The number of aromatic nitrogens is 1. The Morgan fingerprint density at radius 3 is 1.88 bits per heavy atom. The van der Waals surface area contributed by atoms with Gasteiger partial charge in [0.1, 0.15) is 5.69 Å². The quantitative estimate of drug-likeness (QED) is 0.697. The number of nitrogens with zero attached hydrogens (tertiary/aromatic N) is 1. The van der Waals surface area contributed by atoms with Crippen molar-refractivity contribution < 1.29 is 26.3 Å². The van der Waals surface area contributed by atoms with Crippen LogP contribution in [0.2, 0.25) is 0 Å². The minimum atomic E-state index is -4.63. The molecule has 2 rings (SSSR count). The fourth-order valence-electron chi connectivity index (χ4n) is 1.71. The first-order valence-corrected chi connectivity index (χ1v) is 4.77. The topological polar surface area (TPSA) is 12.9 Å². The molecule has 0 aromatic carbocycles. The van der Waals surface area contributed by atoms with Crippen LogP contribution >= 0.6 is 0 Å². The first-order valence-electron chi connectivity index (χ1n) is 4.77. The molecule has 1 saturated carbocycles. The van der Waals surface area contributed by atoms with Crippen LogP contribution in [0, 0.1) is 0 Å². The normalized spacial score (nSPS) is 19.2. The van der Waals surface area contributed by atoms with E-state index in [0.29, 0.717) is 12.3 Å². The maximum Gasteiger partial charge on any atom is 0.433 e. The number of hydrogen-bond donors (Lipinski definition) is 0. The van der Waals surface area contributed by atoms with E-state index in [1.165, 1.54) is 0 Å². The molecule has 94 valence electrons. The van der Waals surface area contributed by atoms with E-state index in [-0.39, 0.29) is 18.4 Å². The zero-order valence-electron chi connectivity index (χ0n) is 8.36. The van der Waals surface area contributed by atoms with Crippen LogP contribution in [0.25, 0.3) is 0 Å². The average molecular weight is 255 g/mol. The predicted molar refractivity (Wildman–Crippen MR) is 46.2 cm³/mol. The van der Waals surface area contributed by atoms with Gasteiger partial charge in [0.05, 0.1) is 5.41 Å². The summed E-state index contributed by atoms with van der Waals surface area (Å²) in [5, 5.41) is 0. The highest BCUT2D eigenvalue weighted by atomic mass is 19.4. The molecule has 1 fully saturated rings. The monoisotopic (exact) mass is 255 g/mol. The molecule has 1 nitrogen and oxygen atoms in total. The predicted octanol–water partition coefficient (Wildman–Crippen LogP) is 3.69. The first kappa shape index (κ1) is 12.2. The minimum absolute atomic E-state index is 0.0937. The lowest BCUT2D eigenvalue weighted by molar-refractivity contribution is -0.160. The molecule has 0 radical (unpaired) electrons. The Morgan fingerprint density at radius 2 is 1.59 bits per heavy atom. The van der Waals surface area contributed by atoms with Gasteiger partial charge in [-0.3, -0.25) is 4.98 Å². The lowest BCUT2D eigenvalue weighted by Gasteiger charge is -2.19. The second-order valence-electron chi connectivity index (χ2n) is 4.01. The molecule has 0 bridgehead atoms. The zero-order chi connectivity index (χ0) is 12.9. The molecular weight excluding hydrogens is 248 g/mol. The van der Waals surface area contributed by atoms with Gasteiger partial charge in [0.15, 0.2) is 0 Å². The Bertz CT molecular complexity index is 412. The van der Waals surface area contributed by atoms with E-state index in [1.807, 2.05) is 0 Å². The molecule has 17 heavy (non-hydrogen) atoms. The fraction of sp³-hybridized carbons (Fsp3) is 0.500. The van der Waals surface area contributed by atoms with Crippen molar-refractivity contribution in [3.05, 3.63) is 29.6 Å². The van der Waals surface area contributed by atoms with Crippen LogP contribution in [-0.2, 0) is 11.6 Å². The Labute approximate surface area is 92.5 Å². The van der Waals surface area contributed by atoms with Crippen molar-refractivity contribution in [3.63, 3.8) is 0 Å². The highest BCUT2D eigenvalue weighted by Crippen LogP contribution is 2.58. The van der Waals surface area contributed by atoms with Crippen LogP contribution < -0.4 is 0 Å². The molecule has 1 heterocycles. The summed E-state index contributed by atoms with van der Waals surface area (Å²) in [4.78, 5) is 3.04. The van der Waals surface area contributed by atoms with Gasteiger partial charge in [0.25, 0.3) is 0 Å². The maximum atomic E-state index is 12.7. The van der Waals surface area contributed by atoms with E-state index in [4.69, 9.17) is 0 Å². The van der Waals surface area contributed by atoms with Crippen molar-refractivity contribution in [2.24, 2.45) is 0 Å². The van der Waals surface area contributed by atoms with E-state index in [1.54, 1.807) is 0 Å². The molecule has 1 aliphatic rings. The third kappa shape index (κ3) is 1.98. The van der Waals surface area contributed by atoms with E-state index in [0.717, 1.165) is 6.07 Å². The Morgan fingerprint density at radius 1 is 1.00 bits per heavy atom. The van der Waals surface area contributed by atoms with Gasteiger partial charge >= 0.3 is 12.4 Å². The number of hydrogen-bond acceptors (Lipinski definition) is 1. The summed E-state index contributed by atoms with van der Waals surface area (Å²) in [6.07, 6.45) is -8.59. The third-order valence-corrected chi connectivity index (χ3v) is 2.90. The molecule has 7 heteroatoms. The standard InChI is InChI=1S/C10H7F6N/c11-9(12,13)7-2-1-6(5-17-7)8(3-4-8)10(14,15)16/h1-2,5H,3-4H2. The third-order valence-electron chi connectivity index (χ3n) is 2.90. The molecule has 1 aromatic heterocycles. The van der Waals surface area contributed by atoms with Crippen LogP contribution in [0.3, 0.4) is 0 Å². The van der Waals surface area contributed by atoms with Gasteiger partial charge in [0.2, 0.25) is 0 Å². The summed E-state index contributed by atoms with van der Waals surface area (Å²) >= 11 is 0. The minimum Gasteiger partial charge on any atom is -0.251 e. The lowest BCUT2D eigenvalue weighted by Crippen LogP contribution is -2.28. The van der Waals surface area contributed by atoms with E-state index < -0.39 is 23.5 Å². The van der Waals surface area contributed by atoms with Crippen molar-refractivity contribution in [1.82, 2.24) is 4.98 Å². The molecule has 1 aromatic rings.